The number of nitrogens with zero attached hydrogens (tertiary/aromatic N) is 8. The summed E-state index contributed by atoms with van der Waals surface area (Å²) >= 11 is 0. The van der Waals surface area contributed by atoms with Gasteiger partial charge in [-0.25, -0.2) is 14.8 Å². The number of hydrazone groups is 1. The average Bonchev–Trinajstić information content (AvgIpc) is 3.62. The molecule has 2 aromatic heterocycles. The minimum absolute atomic E-state index is 0.301. The van der Waals surface area contributed by atoms with Crippen molar-refractivity contribution in [2.24, 2.45) is 5.10 Å². The summed E-state index contributed by atoms with van der Waals surface area (Å²) in [6, 6.07) is 17.0. The number of aromatic nitrogens is 6. The van der Waals surface area contributed by atoms with Crippen LogP contribution in [-0.2, 0) is 0 Å². The Hall–Kier alpha value is -4.34. The van der Waals surface area contributed by atoms with Crippen LogP contribution in [0.2, 0.25) is 0 Å². The van der Waals surface area contributed by atoms with Crippen LogP contribution in [0.3, 0.4) is 0 Å². The molecule has 10 nitrogen and oxygen atoms in total. The Bertz CT molecular complexity index is 1260. The van der Waals surface area contributed by atoms with E-state index in [1.807, 2.05) is 41.9 Å². The highest BCUT2D eigenvalue weighted by Gasteiger charge is 2.23. The van der Waals surface area contributed by atoms with Gasteiger partial charge in [0.2, 0.25) is 0 Å². The van der Waals surface area contributed by atoms with E-state index in [2.05, 4.69) is 31.0 Å². The monoisotopic (exact) mass is 441 g/mol. The number of tetrazole rings is 1. The number of para-hydroxylation sites is 1. The van der Waals surface area contributed by atoms with Crippen molar-refractivity contribution in [3.05, 3.63) is 77.7 Å². The van der Waals surface area contributed by atoms with E-state index in [1.54, 1.807) is 30.5 Å². The minimum Gasteiger partial charge on any atom is -0.356 e. The lowest BCUT2D eigenvalue weighted by Gasteiger charge is -2.20. The van der Waals surface area contributed by atoms with Gasteiger partial charge in [-0.05, 0) is 66.6 Å². The summed E-state index contributed by atoms with van der Waals surface area (Å²) in [4.78, 5) is 14.9. The SMILES string of the molecule is Cc1nn(-c2ccccc2)c(N2CCCC2)c1/C=N/NC(=O)c1ccc(-n2cnnn2)cc1. The van der Waals surface area contributed by atoms with Crippen LogP contribution in [-0.4, -0.2) is 55.2 Å². The van der Waals surface area contributed by atoms with Gasteiger partial charge in [-0.3, -0.25) is 4.79 Å². The highest BCUT2D eigenvalue weighted by atomic mass is 16.2. The van der Waals surface area contributed by atoms with Crippen LogP contribution < -0.4 is 10.3 Å². The van der Waals surface area contributed by atoms with Gasteiger partial charge in [-0.15, -0.1) is 5.10 Å². The van der Waals surface area contributed by atoms with Gasteiger partial charge in [0.25, 0.3) is 5.91 Å². The first-order chi connectivity index (χ1) is 16.2. The molecule has 3 heterocycles. The fourth-order valence-corrected chi connectivity index (χ4v) is 3.93. The van der Waals surface area contributed by atoms with Gasteiger partial charge in [0, 0.05) is 18.7 Å². The number of amides is 1. The van der Waals surface area contributed by atoms with Crippen molar-refractivity contribution in [3.63, 3.8) is 0 Å². The molecular weight excluding hydrogens is 418 g/mol. The molecule has 0 saturated carbocycles. The fraction of sp³-hybridized carbons (Fsp3) is 0.217. The van der Waals surface area contributed by atoms with E-state index in [-0.39, 0.29) is 5.91 Å². The lowest BCUT2D eigenvalue weighted by Crippen LogP contribution is -2.23. The average molecular weight is 441 g/mol. The summed E-state index contributed by atoms with van der Waals surface area (Å²) in [6.07, 6.45) is 5.47. The number of nitrogens with one attached hydrogen (secondary N) is 1. The summed E-state index contributed by atoms with van der Waals surface area (Å²) in [7, 11) is 0. The van der Waals surface area contributed by atoms with Crippen molar-refractivity contribution in [1.29, 1.82) is 0 Å². The molecule has 33 heavy (non-hydrogen) atoms. The third-order valence-corrected chi connectivity index (χ3v) is 5.59. The van der Waals surface area contributed by atoms with Crippen molar-refractivity contribution < 1.29 is 4.79 Å². The van der Waals surface area contributed by atoms with E-state index in [9.17, 15) is 4.79 Å². The van der Waals surface area contributed by atoms with Crippen molar-refractivity contribution in [2.45, 2.75) is 19.8 Å². The topological polar surface area (TPSA) is 106 Å². The second kappa shape index (κ2) is 9.03. The molecule has 10 heteroatoms. The normalized spacial score (nSPS) is 13.7. The van der Waals surface area contributed by atoms with Crippen LogP contribution in [0.1, 0.15) is 34.5 Å². The number of benzene rings is 2. The zero-order chi connectivity index (χ0) is 22.6. The Morgan fingerprint density at radius 1 is 1.03 bits per heavy atom. The number of rotatable bonds is 6. The summed E-state index contributed by atoms with van der Waals surface area (Å²) in [5, 5.41) is 20.1. The minimum atomic E-state index is -0.301. The lowest BCUT2D eigenvalue weighted by atomic mass is 10.2. The van der Waals surface area contributed by atoms with Crippen molar-refractivity contribution in [3.8, 4) is 11.4 Å². The van der Waals surface area contributed by atoms with E-state index in [0.29, 0.717) is 5.56 Å². The number of anilines is 1. The smallest absolute Gasteiger partial charge is 0.271 e. The van der Waals surface area contributed by atoms with Crippen LogP contribution in [0.5, 0.6) is 0 Å². The van der Waals surface area contributed by atoms with Gasteiger partial charge in [-0.1, -0.05) is 18.2 Å². The second-order valence-electron chi connectivity index (χ2n) is 7.76. The van der Waals surface area contributed by atoms with Crippen LogP contribution in [0, 0.1) is 6.92 Å². The molecule has 0 unspecified atom stereocenters. The molecule has 0 spiro atoms. The summed E-state index contributed by atoms with van der Waals surface area (Å²) in [6.45, 7) is 3.90. The number of hydrogen-bond acceptors (Lipinski definition) is 7. The molecule has 0 bridgehead atoms. The summed E-state index contributed by atoms with van der Waals surface area (Å²) < 4.78 is 3.48. The zero-order valence-corrected chi connectivity index (χ0v) is 18.2. The molecule has 0 aliphatic carbocycles. The number of hydrogen-bond donors (Lipinski definition) is 1. The maximum absolute atomic E-state index is 12.6. The Labute approximate surface area is 190 Å². The Balaban J connectivity index is 1.37. The molecule has 1 amide bonds. The van der Waals surface area contributed by atoms with Crippen molar-refractivity contribution >= 4 is 17.9 Å². The molecule has 2 aromatic carbocycles. The molecule has 4 aromatic rings. The standard InChI is InChI=1S/C23H23N9O/c1-17-21(23(30-13-5-6-14-30)32(27-17)20-7-3-2-4-8-20)15-24-26-22(33)18-9-11-19(12-10-18)31-16-25-28-29-31/h2-4,7-12,15-16H,5-6,13-14H2,1H3,(H,26,33)/b24-15+. The third-order valence-electron chi connectivity index (χ3n) is 5.59. The quantitative estimate of drug-likeness (QED) is 0.364. The van der Waals surface area contributed by atoms with Crippen LogP contribution in [0.15, 0.2) is 66.0 Å². The summed E-state index contributed by atoms with van der Waals surface area (Å²) in [5.74, 6) is 0.699. The number of aryl methyl sites for hydroxylation is 1. The van der Waals surface area contributed by atoms with Gasteiger partial charge in [0.1, 0.15) is 12.1 Å². The predicted octanol–water partition coefficient (Wildman–Crippen LogP) is 2.52. The molecular formula is C23H23N9O. The van der Waals surface area contributed by atoms with Gasteiger partial charge < -0.3 is 4.90 Å². The van der Waals surface area contributed by atoms with E-state index in [4.69, 9.17) is 5.10 Å². The molecule has 1 aliphatic rings. The zero-order valence-electron chi connectivity index (χ0n) is 18.2. The Kier molecular flexibility index (Phi) is 5.62. The maximum Gasteiger partial charge on any atom is 0.271 e. The molecule has 0 radical (unpaired) electrons. The van der Waals surface area contributed by atoms with E-state index in [0.717, 1.165) is 54.4 Å². The van der Waals surface area contributed by atoms with Gasteiger partial charge in [0.05, 0.1) is 28.8 Å². The first-order valence-electron chi connectivity index (χ1n) is 10.8. The molecule has 5 rings (SSSR count). The van der Waals surface area contributed by atoms with E-state index >= 15 is 0 Å². The maximum atomic E-state index is 12.6. The molecule has 0 atom stereocenters. The van der Waals surface area contributed by atoms with Crippen molar-refractivity contribution in [2.75, 3.05) is 18.0 Å². The lowest BCUT2D eigenvalue weighted by molar-refractivity contribution is 0.0955. The van der Waals surface area contributed by atoms with Crippen LogP contribution >= 0.6 is 0 Å². The second-order valence-corrected chi connectivity index (χ2v) is 7.76. The van der Waals surface area contributed by atoms with Crippen LogP contribution in [0.25, 0.3) is 11.4 Å². The molecule has 1 aliphatic heterocycles. The van der Waals surface area contributed by atoms with Gasteiger partial charge in [-0.2, -0.15) is 10.2 Å². The highest BCUT2D eigenvalue weighted by Crippen LogP contribution is 2.29. The molecule has 1 saturated heterocycles. The molecule has 166 valence electrons. The predicted molar refractivity (Wildman–Crippen MR) is 124 cm³/mol. The number of carbonyl (C=O) groups is 1. The van der Waals surface area contributed by atoms with Gasteiger partial charge in [0.15, 0.2) is 0 Å². The first kappa shape index (κ1) is 20.6. The fourth-order valence-electron chi connectivity index (χ4n) is 3.93. The Morgan fingerprint density at radius 3 is 2.48 bits per heavy atom. The van der Waals surface area contributed by atoms with Crippen LogP contribution in [0.4, 0.5) is 5.82 Å². The largest absolute Gasteiger partial charge is 0.356 e. The first-order valence-corrected chi connectivity index (χ1v) is 10.8. The summed E-state index contributed by atoms with van der Waals surface area (Å²) in [5.41, 5.74) is 6.62. The van der Waals surface area contributed by atoms with E-state index in [1.165, 1.54) is 11.0 Å². The third kappa shape index (κ3) is 4.22. The van der Waals surface area contributed by atoms with E-state index < -0.39 is 0 Å². The number of carbonyl (C=O) groups excluding carboxylic acids is 1. The molecule has 1 fully saturated rings. The van der Waals surface area contributed by atoms with Crippen molar-refractivity contribution in [1.82, 2.24) is 35.4 Å². The van der Waals surface area contributed by atoms with Gasteiger partial charge >= 0.3 is 0 Å². The highest BCUT2D eigenvalue weighted by molar-refractivity contribution is 5.96. The molecule has 1 N–H and O–H groups in total. The Morgan fingerprint density at radius 2 is 1.79 bits per heavy atom.